The summed E-state index contributed by atoms with van der Waals surface area (Å²) < 4.78 is 6.91. The predicted molar refractivity (Wildman–Crippen MR) is 59.8 cm³/mol. The third-order valence-electron chi connectivity index (χ3n) is 2.35. The molecule has 0 saturated carbocycles. The molecule has 0 radical (unpaired) electrons. The Bertz CT molecular complexity index is 450. The zero-order valence-electron chi connectivity index (χ0n) is 8.81. The molecule has 2 rings (SSSR count). The van der Waals surface area contributed by atoms with Crippen LogP contribution in [0.1, 0.15) is 12.1 Å². The van der Waals surface area contributed by atoms with Crippen molar-refractivity contribution in [2.75, 3.05) is 19.5 Å². The van der Waals surface area contributed by atoms with Crippen molar-refractivity contribution >= 4 is 11.5 Å². The van der Waals surface area contributed by atoms with E-state index in [1.54, 1.807) is 7.11 Å². The fraction of sp³-hybridized carbons (Fsp3) is 0.364. The predicted octanol–water partition coefficient (Wildman–Crippen LogP) is 1.50. The first-order valence-electron chi connectivity index (χ1n) is 5.02. The summed E-state index contributed by atoms with van der Waals surface area (Å²) in [4.78, 5) is 4.47. The number of aromatic nitrogens is 2. The van der Waals surface area contributed by atoms with Crippen molar-refractivity contribution in [3.05, 3.63) is 30.1 Å². The van der Waals surface area contributed by atoms with Crippen LogP contribution >= 0.6 is 0 Å². The highest BCUT2D eigenvalue weighted by atomic mass is 16.5. The molecule has 0 unspecified atom stereocenters. The number of hydrogen-bond donors (Lipinski definition) is 1. The number of ether oxygens (including phenoxy) is 1. The summed E-state index contributed by atoms with van der Waals surface area (Å²) in [5, 5.41) is 0. The number of fused-ring (bicyclic) bond motifs is 1. The first kappa shape index (κ1) is 9.98. The van der Waals surface area contributed by atoms with Crippen molar-refractivity contribution in [2.45, 2.75) is 12.8 Å². The van der Waals surface area contributed by atoms with E-state index in [1.165, 1.54) is 0 Å². The molecule has 0 atom stereocenters. The lowest BCUT2D eigenvalue weighted by Crippen LogP contribution is -1.94. The van der Waals surface area contributed by atoms with Crippen LogP contribution in [0.15, 0.2) is 24.4 Å². The van der Waals surface area contributed by atoms with Gasteiger partial charge in [0.1, 0.15) is 11.5 Å². The lowest BCUT2D eigenvalue weighted by Gasteiger charge is -1.96. The summed E-state index contributed by atoms with van der Waals surface area (Å²) in [5.41, 5.74) is 7.79. The molecule has 0 aliphatic heterocycles. The van der Waals surface area contributed by atoms with E-state index in [4.69, 9.17) is 10.5 Å². The zero-order valence-corrected chi connectivity index (χ0v) is 8.81. The van der Waals surface area contributed by atoms with Gasteiger partial charge in [0.15, 0.2) is 0 Å². The summed E-state index contributed by atoms with van der Waals surface area (Å²) in [6, 6.07) is 5.74. The molecule has 2 aromatic rings. The topological polar surface area (TPSA) is 52.5 Å². The van der Waals surface area contributed by atoms with Crippen molar-refractivity contribution in [1.82, 2.24) is 9.38 Å². The second-order valence-corrected chi connectivity index (χ2v) is 3.51. The largest absolute Gasteiger partial charge is 0.385 e. The van der Waals surface area contributed by atoms with Crippen molar-refractivity contribution in [1.29, 1.82) is 0 Å². The van der Waals surface area contributed by atoms with Crippen LogP contribution in [0.3, 0.4) is 0 Å². The van der Waals surface area contributed by atoms with Crippen molar-refractivity contribution < 1.29 is 4.74 Å². The van der Waals surface area contributed by atoms with Crippen molar-refractivity contribution in [3.8, 4) is 0 Å². The van der Waals surface area contributed by atoms with Gasteiger partial charge >= 0.3 is 0 Å². The fourth-order valence-electron chi connectivity index (χ4n) is 1.60. The molecule has 80 valence electrons. The number of pyridine rings is 1. The van der Waals surface area contributed by atoms with Gasteiger partial charge in [0.05, 0.1) is 5.69 Å². The summed E-state index contributed by atoms with van der Waals surface area (Å²) in [5.74, 6) is 0.720. The fourth-order valence-corrected chi connectivity index (χ4v) is 1.60. The van der Waals surface area contributed by atoms with Crippen LogP contribution in [0, 0.1) is 0 Å². The molecular weight excluding hydrogens is 190 g/mol. The number of aryl methyl sites for hydroxylation is 1. The smallest absolute Gasteiger partial charge is 0.138 e. The van der Waals surface area contributed by atoms with E-state index in [-0.39, 0.29) is 0 Å². The number of imidazole rings is 1. The highest BCUT2D eigenvalue weighted by Gasteiger charge is 2.02. The Labute approximate surface area is 88.7 Å². The van der Waals surface area contributed by atoms with E-state index >= 15 is 0 Å². The molecule has 2 aromatic heterocycles. The molecule has 0 amide bonds. The Balaban J connectivity index is 2.20. The van der Waals surface area contributed by atoms with Gasteiger partial charge in [-0.2, -0.15) is 0 Å². The summed E-state index contributed by atoms with van der Waals surface area (Å²) >= 11 is 0. The molecule has 0 aliphatic rings. The Hall–Kier alpha value is -1.55. The Kier molecular flexibility index (Phi) is 2.87. The summed E-state index contributed by atoms with van der Waals surface area (Å²) in [6.45, 7) is 0.767. The average molecular weight is 205 g/mol. The highest BCUT2D eigenvalue weighted by Crippen LogP contribution is 2.11. The standard InChI is InChI=1S/C11H15N3O/c1-15-7-3-4-9-8-14-10(12)5-2-6-11(14)13-9/h2,5-6,8H,3-4,7,12H2,1H3. The molecule has 0 bridgehead atoms. The van der Waals surface area contributed by atoms with Gasteiger partial charge in [-0.05, 0) is 25.0 Å². The van der Waals surface area contributed by atoms with Crippen molar-refractivity contribution in [2.24, 2.45) is 0 Å². The second-order valence-electron chi connectivity index (χ2n) is 3.51. The first-order valence-corrected chi connectivity index (χ1v) is 5.02. The van der Waals surface area contributed by atoms with Gasteiger partial charge < -0.3 is 10.5 Å². The molecule has 0 spiro atoms. The zero-order chi connectivity index (χ0) is 10.7. The van der Waals surface area contributed by atoms with Gasteiger partial charge in [-0.3, -0.25) is 4.40 Å². The van der Waals surface area contributed by atoms with Crippen LogP contribution < -0.4 is 5.73 Å². The van der Waals surface area contributed by atoms with E-state index in [0.29, 0.717) is 0 Å². The number of nitrogens with two attached hydrogens (primary N) is 1. The highest BCUT2D eigenvalue weighted by molar-refractivity contribution is 5.48. The quantitative estimate of drug-likeness (QED) is 0.769. The van der Waals surface area contributed by atoms with E-state index < -0.39 is 0 Å². The molecule has 4 heteroatoms. The molecule has 2 N–H and O–H groups in total. The number of nitrogens with zero attached hydrogens (tertiary/aromatic N) is 2. The maximum absolute atomic E-state index is 5.82. The van der Waals surface area contributed by atoms with Crippen LogP contribution in [0.2, 0.25) is 0 Å². The maximum Gasteiger partial charge on any atom is 0.138 e. The monoisotopic (exact) mass is 205 g/mol. The molecular formula is C11H15N3O. The second kappa shape index (κ2) is 4.31. The third-order valence-corrected chi connectivity index (χ3v) is 2.35. The van der Waals surface area contributed by atoms with Gasteiger partial charge in [0, 0.05) is 19.9 Å². The van der Waals surface area contributed by atoms with Gasteiger partial charge in [-0.15, -0.1) is 0 Å². The maximum atomic E-state index is 5.82. The molecule has 0 fully saturated rings. The Morgan fingerprint density at radius 3 is 3.07 bits per heavy atom. The SMILES string of the molecule is COCCCc1cn2c(N)cccc2n1. The number of nitrogen functional groups attached to an aromatic ring is 1. The van der Waals surface area contributed by atoms with Crippen molar-refractivity contribution in [3.63, 3.8) is 0 Å². The number of anilines is 1. The van der Waals surface area contributed by atoms with E-state index in [2.05, 4.69) is 4.98 Å². The van der Waals surface area contributed by atoms with Gasteiger partial charge in [0.25, 0.3) is 0 Å². The molecule has 0 aromatic carbocycles. The Morgan fingerprint density at radius 1 is 1.47 bits per heavy atom. The minimum absolute atomic E-state index is 0.720. The molecule has 4 nitrogen and oxygen atoms in total. The summed E-state index contributed by atoms with van der Waals surface area (Å²) in [6.07, 6.45) is 3.90. The van der Waals surface area contributed by atoms with Crippen LogP contribution in [0.4, 0.5) is 5.82 Å². The first-order chi connectivity index (χ1) is 7.31. The number of hydrogen-bond acceptors (Lipinski definition) is 3. The third kappa shape index (κ3) is 2.10. The van der Waals surface area contributed by atoms with Gasteiger partial charge in [-0.1, -0.05) is 6.07 Å². The minimum atomic E-state index is 0.720. The Morgan fingerprint density at radius 2 is 2.33 bits per heavy atom. The normalized spacial score (nSPS) is 11.0. The number of methoxy groups -OCH3 is 1. The van der Waals surface area contributed by atoms with Crippen LogP contribution in [-0.2, 0) is 11.2 Å². The number of rotatable bonds is 4. The minimum Gasteiger partial charge on any atom is -0.385 e. The molecule has 15 heavy (non-hydrogen) atoms. The molecule has 0 aliphatic carbocycles. The van der Waals surface area contributed by atoms with Crippen LogP contribution in [0.25, 0.3) is 5.65 Å². The summed E-state index contributed by atoms with van der Waals surface area (Å²) in [7, 11) is 1.71. The van der Waals surface area contributed by atoms with Crippen LogP contribution in [-0.4, -0.2) is 23.1 Å². The average Bonchev–Trinajstić information content (AvgIpc) is 2.63. The molecule has 2 heterocycles. The van der Waals surface area contributed by atoms with Crippen LogP contribution in [0.5, 0.6) is 0 Å². The molecule has 0 saturated heterocycles. The lowest BCUT2D eigenvalue weighted by atomic mass is 10.3. The van der Waals surface area contributed by atoms with Gasteiger partial charge in [-0.25, -0.2) is 4.98 Å². The van der Waals surface area contributed by atoms with E-state index in [0.717, 1.165) is 36.6 Å². The lowest BCUT2D eigenvalue weighted by molar-refractivity contribution is 0.195. The van der Waals surface area contributed by atoms with Gasteiger partial charge in [0.2, 0.25) is 0 Å². The van der Waals surface area contributed by atoms with E-state index in [9.17, 15) is 0 Å². The van der Waals surface area contributed by atoms with E-state index in [1.807, 2.05) is 28.8 Å².